The predicted octanol–water partition coefficient (Wildman–Crippen LogP) is 2.67. The van der Waals surface area contributed by atoms with Gasteiger partial charge in [-0.25, -0.2) is 0 Å². The lowest BCUT2D eigenvalue weighted by Gasteiger charge is -1.97. The molecule has 3 nitrogen and oxygen atoms in total. The molecule has 0 radical (unpaired) electrons. The number of nitrogens with zero attached hydrogens (tertiary/aromatic N) is 2. The van der Waals surface area contributed by atoms with Gasteiger partial charge in [0, 0.05) is 6.92 Å². The smallest absolute Gasteiger partial charge is 0.180 e. The summed E-state index contributed by atoms with van der Waals surface area (Å²) in [6, 6.07) is 1.62. The van der Waals surface area contributed by atoms with Crippen molar-refractivity contribution in [1.82, 2.24) is 10.2 Å². The minimum Gasteiger partial charge on any atom is -0.293 e. The van der Waals surface area contributed by atoms with Crippen LogP contribution in [0.15, 0.2) is 6.07 Å². The third-order valence-electron chi connectivity index (χ3n) is 1.29. The SMILES string of the molecule is CC.CC(=O)c1nnc(Cl)cc1C. The highest BCUT2D eigenvalue weighted by atomic mass is 35.5. The van der Waals surface area contributed by atoms with E-state index in [0.717, 1.165) is 5.56 Å². The molecule has 72 valence electrons. The van der Waals surface area contributed by atoms with Crippen molar-refractivity contribution in [1.29, 1.82) is 0 Å². The van der Waals surface area contributed by atoms with Crippen molar-refractivity contribution in [3.8, 4) is 0 Å². The van der Waals surface area contributed by atoms with E-state index in [1.165, 1.54) is 6.92 Å². The first-order valence-electron chi connectivity index (χ1n) is 4.12. The quantitative estimate of drug-likeness (QED) is 0.655. The Kier molecular flexibility index (Phi) is 5.23. The van der Waals surface area contributed by atoms with E-state index >= 15 is 0 Å². The van der Waals surface area contributed by atoms with Crippen molar-refractivity contribution in [3.63, 3.8) is 0 Å². The highest BCUT2D eigenvalue weighted by Gasteiger charge is 2.05. The van der Waals surface area contributed by atoms with Crippen LogP contribution in [0.25, 0.3) is 0 Å². The Hall–Kier alpha value is -0.960. The Labute approximate surface area is 83.1 Å². The van der Waals surface area contributed by atoms with E-state index in [1.807, 2.05) is 13.8 Å². The molecule has 0 aliphatic rings. The van der Waals surface area contributed by atoms with Gasteiger partial charge in [0.1, 0.15) is 5.69 Å². The maximum Gasteiger partial charge on any atom is 0.180 e. The molecule has 0 aliphatic carbocycles. The molecule has 0 saturated heterocycles. The minimum atomic E-state index is -0.0910. The molecule has 0 aliphatic heterocycles. The molecule has 0 atom stereocenters. The lowest BCUT2D eigenvalue weighted by atomic mass is 10.2. The first kappa shape index (κ1) is 12.0. The van der Waals surface area contributed by atoms with Crippen LogP contribution in [0.4, 0.5) is 0 Å². The van der Waals surface area contributed by atoms with Gasteiger partial charge in [-0.3, -0.25) is 4.79 Å². The lowest BCUT2D eigenvalue weighted by molar-refractivity contribution is 0.101. The number of carbonyl (C=O) groups excluding carboxylic acids is 1. The van der Waals surface area contributed by atoms with Crippen LogP contribution in [0.5, 0.6) is 0 Å². The molecule has 1 aromatic rings. The summed E-state index contributed by atoms with van der Waals surface area (Å²) in [4.78, 5) is 10.8. The van der Waals surface area contributed by atoms with Crippen LogP contribution in [0.2, 0.25) is 5.15 Å². The van der Waals surface area contributed by atoms with Gasteiger partial charge in [0.25, 0.3) is 0 Å². The fourth-order valence-corrected chi connectivity index (χ4v) is 1.00. The third-order valence-corrected chi connectivity index (χ3v) is 1.47. The van der Waals surface area contributed by atoms with E-state index in [9.17, 15) is 4.79 Å². The Balaban J connectivity index is 0.000000671. The van der Waals surface area contributed by atoms with Gasteiger partial charge in [-0.1, -0.05) is 25.4 Å². The zero-order chi connectivity index (χ0) is 10.4. The summed E-state index contributed by atoms with van der Waals surface area (Å²) in [6.07, 6.45) is 0. The summed E-state index contributed by atoms with van der Waals surface area (Å²) >= 11 is 5.54. The normalized spacial score (nSPS) is 8.69. The number of rotatable bonds is 1. The molecule has 1 rings (SSSR count). The zero-order valence-electron chi connectivity index (χ0n) is 8.26. The molecule has 0 aromatic carbocycles. The van der Waals surface area contributed by atoms with Gasteiger partial charge in [-0.15, -0.1) is 10.2 Å². The fraction of sp³-hybridized carbons (Fsp3) is 0.444. The largest absolute Gasteiger partial charge is 0.293 e. The maximum absolute atomic E-state index is 10.8. The molecule has 0 unspecified atom stereocenters. The topological polar surface area (TPSA) is 42.9 Å². The summed E-state index contributed by atoms with van der Waals surface area (Å²) in [7, 11) is 0. The van der Waals surface area contributed by atoms with Gasteiger partial charge in [-0.2, -0.15) is 0 Å². The first-order valence-corrected chi connectivity index (χ1v) is 4.50. The van der Waals surface area contributed by atoms with Crippen molar-refractivity contribution < 1.29 is 4.79 Å². The maximum atomic E-state index is 10.8. The molecular formula is C9H13ClN2O. The second-order valence-corrected chi connectivity index (χ2v) is 2.64. The number of hydrogen-bond donors (Lipinski definition) is 0. The van der Waals surface area contributed by atoms with Gasteiger partial charge in [0.2, 0.25) is 0 Å². The summed E-state index contributed by atoms with van der Waals surface area (Å²) in [6.45, 7) is 7.22. The van der Waals surface area contributed by atoms with Crippen molar-refractivity contribution in [3.05, 3.63) is 22.5 Å². The zero-order valence-corrected chi connectivity index (χ0v) is 9.01. The van der Waals surface area contributed by atoms with E-state index in [2.05, 4.69) is 10.2 Å². The molecule has 0 fully saturated rings. The van der Waals surface area contributed by atoms with Gasteiger partial charge in [0.05, 0.1) is 0 Å². The molecule has 4 heteroatoms. The second-order valence-electron chi connectivity index (χ2n) is 2.25. The Morgan fingerprint density at radius 1 is 1.38 bits per heavy atom. The van der Waals surface area contributed by atoms with E-state index in [-0.39, 0.29) is 5.78 Å². The summed E-state index contributed by atoms with van der Waals surface area (Å²) < 4.78 is 0. The predicted molar refractivity (Wildman–Crippen MR) is 53.1 cm³/mol. The van der Waals surface area contributed by atoms with Gasteiger partial charge in [0.15, 0.2) is 10.9 Å². The third kappa shape index (κ3) is 3.51. The first-order chi connectivity index (χ1) is 6.11. The van der Waals surface area contributed by atoms with Crippen LogP contribution in [-0.4, -0.2) is 16.0 Å². The minimum absolute atomic E-state index is 0.0910. The van der Waals surface area contributed by atoms with Crippen LogP contribution in [0.1, 0.15) is 36.8 Å². The van der Waals surface area contributed by atoms with E-state index in [1.54, 1.807) is 13.0 Å². The average molecular weight is 201 g/mol. The van der Waals surface area contributed by atoms with Crippen LogP contribution >= 0.6 is 11.6 Å². The number of Topliss-reactive ketones (excluding diaryl/α,β-unsaturated/α-hetero) is 1. The standard InChI is InChI=1S/C7H7ClN2O.C2H6/c1-4-3-6(8)9-10-7(4)5(2)11;1-2/h3H,1-2H3;1-2H3. The number of hydrogen-bond acceptors (Lipinski definition) is 3. The molecule has 0 bridgehead atoms. The average Bonchev–Trinajstić information content (AvgIpc) is 2.07. The molecule has 13 heavy (non-hydrogen) atoms. The Morgan fingerprint density at radius 3 is 2.31 bits per heavy atom. The molecular weight excluding hydrogens is 188 g/mol. The van der Waals surface area contributed by atoms with E-state index < -0.39 is 0 Å². The Bertz CT molecular complexity index is 300. The number of aromatic nitrogens is 2. The molecule has 0 N–H and O–H groups in total. The van der Waals surface area contributed by atoms with Crippen molar-refractivity contribution in [2.45, 2.75) is 27.7 Å². The van der Waals surface area contributed by atoms with E-state index in [4.69, 9.17) is 11.6 Å². The van der Waals surface area contributed by atoms with Crippen molar-refractivity contribution in [2.24, 2.45) is 0 Å². The van der Waals surface area contributed by atoms with Crippen molar-refractivity contribution in [2.75, 3.05) is 0 Å². The second kappa shape index (κ2) is 5.65. The van der Waals surface area contributed by atoms with Crippen LogP contribution in [0.3, 0.4) is 0 Å². The summed E-state index contributed by atoms with van der Waals surface area (Å²) in [5.41, 5.74) is 1.15. The molecule has 1 heterocycles. The van der Waals surface area contributed by atoms with E-state index in [0.29, 0.717) is 10.8 Å². The number of ketones is 1. The van der Waals surface area contributed by atoms with Crippen molar-refractivity contribution >= 4 is 17.4 Å². The van der Waals surface area contributed by atoms with Crippen LogP contribution in [0, 0.1) is 6.92 Å². The number of aryl methyl sites for hydroxylation is 1. The molecule has 0 amide bonds. The molecule has 1 aromatic heterocycles. The molecule has 0 saturated carbocycles. The lowest BCUT2D eigenvalue weighted by Crippen LogP contribution is -2.01. The van der Waals surface area contributed by atoms with Crippen LogP contribution < -0.4 is 0 Å². The van der Waals surface area contributed by atoms with Crippen LogP contribution in [-0.2, 0) is 0 Å². The summed E-state index contributed by atoms with van der Waals surface area (Å²) in [5, 5.41) is 7.51. The Morgan fingerprint density at radius 2 is 1.92 bits per heavy atom. The monoisotopic (exact) mass is 200 g/mol. The number of halogens is 1. The molecule has 0 spiro atoms. The number of carbonyl (C=O) groups is 1. The van der Waals surface area contributed by atoms with Gasteiger partial charge in [-0.05, 0) is 18.6 Å². The highest BCUT2D eigenvalue weighted by Crippen LogP contribution is 2.09. The highest BCUT2D eigenvalue weighted by molar-refractivity contribution is 6.29. The fourth-order valence-electron chi connectivity index (χ4n) is 0.801. The van der Waals surface area contributed by atoms with Gasteiger partial charge >= 0.3 is 0 Å². The summed E-state index contributed by atoms with van der Waals surface area (Å²) in [5.74, 6) is -0.0910. The van der Waals surface area contributed by atoms with Gasteiger partial charge < -0.3 is 0 Å².